The summed E-state index contributed by atoms with van der Waals surface area (Å²) in [6.45, 7) is 0. The van der Waals surface area contributed by atoms with Gasteiger partial charge in [0, 0.05) is 0 Å². The van der Waals surface area contributed by atoms with Crippen molar-refractivity contribution >= 4 is 15.8 Å². The molecule has 1 aromatic heterocycles. The first-order valence-corrected chi connectivity index (χ1v) is 8.30. The van der Waals surface area contributed by atoms with Gasteiger partial charge in [0.2, 0.25) is 5.95 Å². The molecule has 1 aromatic carbocycles. The van der Waals surface area contributed by atoms with Gasteiger partial charge in [-0.3, -0.25) is 4.72 Å². The molecule has 3 rings (SSSR count). The summed E-state index contributed by atoms with van der Waals surface area (Å²) in [6, 6.07) is 9.15. The Bertz CT molecular complexity index is 775. The van der Waals surface area contributed by atoms with E-state index in [1.54, 1.807) is 12.1 Å². The van der Waals surface area contributed by atoms with E-state index in [1.165, 1.54) is 17.7 Å². The topological polar surface area (TPSA) is 59.1 Å². The van der Waals surface area contributed by atoms with Crippen LogP contribution in [-0.4, -0.2) is 13.4 Å². The van der Waals surface area contributed by atoms with Crippen molar-refractivity contribution in [3.05, 3.63) is 53.5 Å². The Morgan fingerprint density at radius 2 is 1.81 bits per heavy atom. The van der Waals surface area contributed by atoms with E-state index >= 15 is 0 Å². The minimum absolute atomic E-state index is 0.0206. The van der Waals surface area contributed by atoms with Crippen LogP contribution in [0.5, 0.6) is 0 Å². The van der Waals surface area contributed by atoms with E-state index in [0.29, 0.717) is 0 Å². The molecule has 0 saturated heterocycles. The van der Waals surface area contributed by atoms with Gasteiger partial charge >= 0.3 is 0 Å². The molecule has 6 heteroatoms. The molecule has 0 aliphatic heterocycles. The minimum Gasteiger partial charge on any atom is -0.263 e. The summed E-state index contributed by atoms with van der Waals surface area (Å²) >= 11 is 0. The van der Waals surface area contributed by atoms with Gasteiger partial charge in [-0.25, -0.2) is 13.4 Å². The summed E-state index contributed by atoms with van der Waals surface area (Å²) in [5.74, 6) is -0.742. The van der Waals surface area contributed by atoms with Crippen LogP contribution in [0.2, 0.25) is 0 Å². The largest absolute Gasteiger partial charge is 0.263 e. The fraction of sp³-hybridized carbons (Fsp3) is 0.267. The van der Waals surface area contributed by atoms with Crippen LogP contribution in [0.1, 0.15) is 24.0 Å². The lowest BCUT2D eigenvalue weighted by molar-refractivity contribution is 0.584. The van der Waals surface area contributed by atoms with Crippen molar-refractivity contribution in [3.63, 3.8) is 0 Å². The second-order valence-corrected chi connectivity index (χ2v) is 6.77. The minimum atomic E-state index is -3.74. The van der Waals surface area contributed by atoms with E-state index in [-0.39, 0.29) is 10.7 Å². The first-order chi connectivity index (χ1) is 10.0. The maximum Gasteiger partial charge on any atom is 0.263 e. The van der Waals surface area contributed by atoms with E-state index in [2.05, 4.69) is 9.71 Å². The average Bonchev–Trinajstić information content (AvgIpc) is 2.46. The van der Waals surface area contributed by atoms with Crippen LogP contribution in [0, 0.1) is 5.95 Å². The fourth-order valence-corrected chi connectivity index (χ4v) is 3.59. The standard InChI is InChI=1S/C15H15FN2O2S/c16-14-6-3-7-15(17-14)18-21(19,20)13-9-8-11-4-1-2-5-12(11)10-13/h3,6-10H,1-2,4-5H2,(H,17,18). The van der Waals surface area contributed by atoms with Gasteiger partial charge in [-0.2, -0.15) is 4.39 Å². The molecule has 1 aliphatic carbocycles. The molecule has 0 spiro atoms. The number of hydrogen-bond acceptors (Lipinski definition) is 3. The number of nitrogens with zero attached hydrogens (tertiary/aromatic N) is 1. The van der Waals surface area contributed by atoms with E-state index in [9.17, 15) is 12.8 Å². The van der Waals surface area contributed by atoms with Crippen LogP contribution in [0.4, 0.5) is 10.2 Å². The third-order valence-electron chi connectivity index (χ3n) is 3.58. The van der Waals surface area contributed by atoms with Crippen LogP contribution in [0.15, 0.2) is 41.3 Å². The molecule has 0 fully saturated rings. The summed E-state index contributed by atoms with van der Waals surface area (Å²) in [5.41, 5.74) is 2.29. The van der Waals surface area contributed by atoms with Gasteiger partial charge < -0.3 is 0 Å². The van der Waals surface area contributed by atoms with E-state index in [0.717, 1.165) is 37.3 Å². The number of hydrogen-bond donors (Lipinski definition) is 1. The molecular formula is C15H15FN2O2S. The average molecular weight is 306 g/mol. The summed E-state index contributed by atoms with van der Waals surface area (Å²) < 4.78 is 40.0. The SMILES string of the molecule is O=S(=O)(Nc1cccc(F)n1)c1ccc2c(c1)CCCC2. The van der Waals surface area contributed by atoms with Crippen LogP contribution >= 0.6 is 0 Å². The predicted molar refractivity (Wildman–Crippen MR) is 78.1 cm³/mol. The monoisotopic (exact) mass is 306 g/mol. The number of benzene rings is 1. The molecule has 1 aliphatic rings. The number of aryl methyl sites for hydroxylation is 2. The molecule has 0 radical (unpaired) electrons. The molecule has 0 amide bonds. The number of halogens is 1. The molecule has 21 heavy (non-hydrogen) atoms. The number of sulfonamides is 1. The fourth-order valence-electron chi connectivity index (χ4n) is 2.54. The third-order valence-corrected chi connectivity index (χ3v) is 4.94. The summed E-state index contributed by atoms with van der Waals surface area (Å²) in [7, 11) is -3.74. The highest BCUT2D eigenvalue weighted by Gasteiger charge is 2.18. The predicted octanol–water partition coefficient (Wildman–Crippen LogP) is 2.90. The third kappa shape index (κ3) is 3.05. The van der Waals surface area contributed by atoms with Crippen LogP contribution in [0.25, 0.3) is 0 Å². The maximum absolute atomic E-state index is 13.0. The van der Waals surface area contributed by atoms with Gasteiger partial charge in [-0.05, 0) is 61.1 Å². The lowest BCUT2D eigenvalue weighted by atomic mass is 9.92. The van der Waals surface area contributed by atoms with Crippen molar-refractivity contribution in [1.82, 2.24) is 4.98 Å². The van der Waals surface area contributed by atoms with Gasteiger partial charge in [-0.1, -0.05) is 12.1 Å². The molecule has 110 valence electrons. The first-order valence-electron chi connectivity index (χ1n) is 6.82. The Balaban J connectivity index is 1.91. The molecule has 1 heterocycles. The lowest BCUT2D eigenvalue weighted by Crippen LogP contribution is -2.15. The van der Waals surface area contributed by atoms with Crippen LogP contribution < -0.4 is 4.72 Å². The van der Waals surface area contributed by atoms with Gasteiger partial charge in [-0.15, -0.1) is 0 Å². The molecule has 2 aromatic rings. The van der Waals surface area contributed by atoms with Gasteiger partial charge in [0.05, 0.1) is 4.90 Å². The second kappa shape index (κ2) is 5.44. The number of pyridine rings is 1. The van der Waals surface area contributed by atoms with Crippen molar-refractivity contribution in [2.75, 3.05) is 4.72 Å². The van der Waals surface area contributed by atoms with E-state index < -0.39 is 16.0 Å². The zero-order valence-corrected chi connectivity index (χ0v) is 12.2. The van der Waals surface area contributed by atoms with Crippen LogP contribution in [-0.2, 0) is 22.9 Å². The molecule has 4 nitrogen and oxygen atoms in total. The number of anilines is 1. The lowest BCUT2D eigenvalue weighted by Gasteiger charge is -2.16. The van der Waals surface area contributed by atoms with Crippen molar-refractivity contribution in [1.29, 1.82) is 0 Å². The Labute approximate surface area is 123 Å². The molecule has 0 unspecified atom stereocenters. The first kappa shape index (κ1) is 14.0. The van der Waals surface area contributed by atoms with Gasteiger partial charge in [0.25, 0.3) is 10.0 Å². The molecule has 0 saturated carbocycles. The van der Waals surface area contributed by atoms with Gasteiger partial charge in [0.15, 0.2) is 0 Å². The Morgan fingerprint density at radius 3 is 2.57 bits per heavy atom. The normalized spacial score (nSPS) is 14.5. The highest BCUT2D eigenvalue weighted by molar-refractivity contribution is 7.92. The number of rotatable bonds is 3. The summed E-state index contributed by atoms with van der Waals surface area (Å²) in [4.78, 5) is 3.70. The zero-order valence-electron chi connectivity index (χ0n) is 11.3. The summed E-state index contributed by atoms with van der Waals surface area (Å²) in [5, 5.41) is 0. The molecule has 1 N–H and O–H groups in total. The summed E-state index contributed by atoms with van der Waals surface area (Å²) in [6.07, 6.45) is 4.12. The number of fused-ring (bicyclic) bond motifs is 1. The maximum atomic E-state index is 13.0. The highest BCUT2D eigenvalue weighted by atomic mass is 32.2. The van der Waals surface area contributed by atoms with Crippen molar-refractivity contribution < 1.29 is 12.8 Å². The molecular weight excluding hydrogens is 291 g/mol. The Kier molecular flexibility index (Phi) is 3.63. The van der Waals surface area contributed by atoms with Crippen LogP contribution in [0.3, 0.4) is 0 Å². The van der Waals surface area contributed by atoms with Gasteiger partial charge in [0.1, 0.15) is 5.82 Å². The Morgan fingerprint density at radius 1 is 1.05 bits per heavy atom. The quantitative estimate of drug-likeness (QED) is 0.887. The number of nitrogens with one attached hydrogen (secondary N) is 1. The Hall–Kier alpha value is -1.95. The van der Waals surface area contributed by atoms with Crippen molar-refractivity contribution in [2.24, 2.45) is 0 Å². The molecule has 0 bridgehead atoms. The second-order valence-electron chi connectivity index (χ2n) is 5.09. The number of aromatic nitrogens is 1. The highest BCUT2D eigenvalue weighted by Crippen LogP contribution is 2.25. The van der Waals surface area contributed by atoms with E-state index in [4.69, 9.17) is 0 Å². The smallest absolute Gasteiger partial charge is 0.263 e. The van der Waals surface area contributed by atoms with Crippen molar-refractivity contribution in [2.45, 2.75) is 30.6 Å². The van der Waals surface area contributed by atoms with Crippen molar-refractivity contribution in [3.8, 4) is 0 Å². The zero-order chi connectivity index (χ0) is 14.9. The van der Waals surface area contributed by atoms with E-state index in [1.807, 2.05) is 6.07 Å². The molecule has 0 atom stereocenters.